The van der Waals surface area contributed by atoms with Crippen molar-refractivity contribution in [3.8, 4) is 11.1 Å². The lowest BCUT2D eigenvalue weighted by atomic mass is 9.77. The van der Waals surface area contributed by atoms with Crippen LogP contribution < -0.4 is 0 Å². The fourth-order valence-electron chi connectivity index (χ4n) is 3.58. The number of hydrogen-bond acceptors (Lipinski definition) is 2. The molecular weight excluding hydrogens is 328 g/mol. The van der Waals surface area contributed by atoms with E-state index in [0.29, 0.717) is 5.75 Å². The maximum absolute atomic E-state index is 12.9. The molecule has 1 N–H and O–H groups in total. The van der Waals surface area contributed by atoms with Crippen LogP contribution >= 0.6 is 0 Å². The largest absolute Gasteiger partial charge is 0.388 e. The van der Waals surface area contributed by atoms with Gasteiger partial charge in [0.1, 0.15) is 0 Å². The summed E-state index contributed by atoms with van der Waals surface area (Å²) in [5.41, 5.74) is 5.36. The highest BCUT2D eigenvalue weighted by atomic mass is 32.2. The molecule has 126 valence electrons. The molecule has 0 saturated heterocycles. The standard InChI is InChI=1S/C22H20O2S/c1-15-10-12-16(13-11-15)25(24)14-21-19-8-3-2-6-17(19)18-7-4-5-9-20(18)22(21)23/h2-13,21-23H,14H2,1H3/t21-,22+,25?/m1/s1. The molecule has 0 aromatic heterocycles. The van der Waals surface area contributed by atoms with Crippen LogP contribution in [0.4, 0.5) is 0 Å². The maximum Gasteiger partial charge on any atom is 0.0873 e. The van der Waals surface area contributed by atoms with E-state index in [1.807, 2.05) is 73.7 Å². The first kappa shape index (κ1) is 16.2. The van der Waals surface area contributed by atoms with Crippen molar-refractivity contribution in [2.24, 2.45) is 0 Å². The molecule has 3 atom stereocenters. The zero-order chi connectivity index (χ0) is 17.4. The second-order valence-electron chi connectivity index (χ2n) is 6.55. The van der Waals surface area contributed by atoms with E-state index in [-0.39, 0.29) is 5.92 Å². The van der Waals surface area contributed by atoms with E-state index < -0.39 is 16.9 Å². The average Bonchev–Trinajstić information content (AvgIpc) is 2.65. The third-order valence-electron chi connectivity index (χ3n) is 4.93. The summed E-state index contributed by atoms with van der Waals surface area (Å²) < 4.78 is 12.9. The number of benzene rings is 3. The number of aliphatic hydroxyl groups is 1. The van der Waals surface area contributed by atoms with E-state index in [0.717, 1.165) is 32.7 Å². The normalized spacial score (nSPS) is 19.8. The minimum absolute atomic E-state index is 0.173. The van der Waals surface area contributed by atoms with Crippen LogP contribution in [-0.4, -0.2) is 15.1 Å². The Hall–Kier alpha value is -2.23. The molecular formula is C22H20O2S. The Labute approximate surface area is 150 Å². The van der Waals surface area contributed by atoms with Crippen molar-refractivity contribution in [2.75, 3.05) is 5.75 Å². The Kier molecular flexibility index (Phi) is 4.28. The molecule has 1 aliphatic carbocycles. The van der Waals surface area contributed by atoms with Gasteiger partial charge in [-0.05, 0) is 41.3 Å². The summed E-state index contributed by atoms with van der Waals surface area (Å²) >= 11 is 0. The fourth-order valence-corrected chi connectivity index (χ4v) is 4.90. The molecule has 2 nitrogen and oxygen atoms in total. The van der Waals surface area contributed by atoms with Crippen LogP contribution in [-0.2, 0) is 10.8 Å². The maximum atomic E-state index is 12.9. The molecule has 25 heavy (non-hydrogen) atoms. The Morgan fingerprint density at radius 3 is 2.08 bits per heavy atom. The van der Waals surface area contributed by atoms with Crippen LogP contribution in [0.1, 0.15) is 28.7 Å². The van der Waals surface area contributed by atoms with Crippen LogP contribution in [0, 0.1) is 6.92 Å². The number of aryl methyl sites for hydroxylation is 1. The minimum Gasteiger partial charge on any atom is -0.388 e. The van der Waals surface area contributed by atoms with Gasteiger partial charge in [-0.15, -0.1) is 0 Å². The predicted molar refractivity (Wildman–Crippen MR) is 102 cm³/mol. The quantitative estimate of drug-likeness (QED) is 0.751. The average molecular weight is 348 g/mol. The number of rotatable bonds is 3. The van der Waals surface area contributed by atoms with Gasteiger partial charge in [0.25, 0.3) is 0 Å². The van der Waals surface area contributed by atoms with Crippen molar-refractivity contribution in [1.29, 1.82) is 0 Å². The molecule has 3 aromatic carbocycles. The summed E-state index contributed by atoms with van der Waals surface area (Å²) in [6.45, 7) is 2.02. The van der Waals surface area contributed by atoms with Crippen molar-refractivity contribution in [3.63, 3.8) is 0 Å². The molecule has 0 aliphatic heterocycles. The predicted octanol–water partition coefficient (Wildman–Crippen LogP) is 4.60. The van der Waals surface area contributed by atoms with Crippen LogP contribution in [0.25, 0.3) is 11.1 Å². The smallest absolute Gasteiger partial charge is 0.0873 e. The van der Waals surface area contributed by atoms with Gasteiger partial charge in [-0.1, -0.05) is 66.2 Å². The first-order chi connectivity index (χ1) is 12.1. The first-order valence-electron chi connectivity index (χ1n) is 8.46. The molecule has 0 radical (unpaired) electrons. The summed E-state index contributed by atoms with van der Waals surface area (Å²) in [6, 6.07) is 23.9. The molecule has 0 fully saturated rings. The molecule has 0 bridgehead atoms. The van der Waals surface area contributed by atoms with E-state index in [2.05, 4.69) is 6.07 Å². The molecule has 3 heteroatoms. The van der Waals surface area contributed by atoms with Gasteiger partial charge in [0.15, 0.2) is 0 Å². The molecule has 1 aliphatic rings. The van der Waals surface area contributed by atoms with Crippen LogP contribution in [0.2, 0.25) is 0 Å². The highest BCUT2D eigenvalue weighted by Gasteiger charge is 2.33. The third kappa shape index (κ3) is 2.94. The lowest BCUT2D eigenvalue weighted by molar-refractivity contribution is 0.151. The number of fused-ring (bicyclic) bond motifs is 3. The summed E-state index contributed by atoms with van der Waals surface area (Å²) in [4.78, 5) is 0.814. The van der Waals surface area contributed by atoms with Gasteiger partial charge in [-0.3, -0.25) is 4.21 Å². The van der Waals surface area contributed by atoms with Gasteiger partial charge in [0.05, 0.1) is 16.9 Å². The Morgan fingerprint density at radius 2 is 1.40 bits per heavy atom. The fraction of sp³-hybridized carbons (Fsp3) is 0.182. The molecule has 0 amide bonds. The molecule has 0 saturated carbocycles. The van der Waals surface area contributed by atoms with Crippen molar-refractivity contribution in [2.45, 2.75) is 23.8 Å². The van der Waals surface area contributed by atoms with E-state index in [4.69, 9.17) is 0 Å². The van der Waals surface area contributed by atoms with Crippen LogP contribution in [0.5, 0.6) is 0 Å². The third-order valence-corrected chi connectivity index (χ3v) is 6.39. The van der Waals surface area contributed by atoms with Gasteiger partial charge >= 0.3 is 0 Å². The van der Waals surface area contributed by atoms with E-state index in [1.54, 1.807) is 0 Å². The van der Waals surface area contributed by atoms with Gasteiger partial charge in [-0.2, -0.15) is 0 Å². The molecule has 1 unspecified atom stereocenters. The molecule has 0 heterocycles. The highest BCUT2D eigenvalue weighted by molar-refractivity contribution is 7.85. The van der Waals surface area contributed by atoms with Crippen molar-refractivity contribution in [1.82, 2.24) is 0 Å². The van der Waals surface area contributed by atoms with E-state index in [1.165, 1.54) is 0 Å². The second kappa shape index (κ2) is 6.58. The SMILES string of the molecule is Cc1ccc(S(=O)C[C@@H]2c3ccccc3-c3ccccc3[C@@H]2O)cc1. The number of hydrogen-bond donors (Lipinski definition) is 1. The number of aliphatic hydroxyl groups excluding tert-OH is 1. The Bertz CT molecular complexity index is 931. The van der Waals surface area contributed by atoms with E-state index >= 15 is 0 Å². The molecule has 4 rings (SSSR count). The van der Waals surface area contributed by atoms with Crippen LogP contribution in [0.15, 0.2) is 77.7 Å². The monoisotopic (exact) mass is 348 g/mol. The van der Waals surface area contributed by atoms with Crippen molar-refractivity contribution >= 4 is 10.8 Å². The Balaban J connectivity index is 1.73. The summed E-state index contributed by atoms with van der Waals surface area (Å²) in [5, 5.41) is 11.0. The van der Waals surface area contributed by atoms with Crippen molar-refractivity contribution < 1.29 is 9.32 Å². The zero-order valence-corrected chi connectivity index (χ0v) is 14.9. The minimum atomic E-state index is -1.15. The topological polar surface area (TPSA) is 37.3 Å². The highest BCUT2D eigenvalue weighted by Crippen LogP contribution is 2.46. The summed E-state index contributed by atoms with van der Waals surface area (Å²) in [6.07, 6.45) is -0.638. The van der Waals surface area contributed by atoms with Gasteiger partial charge in [0.2, 0.25) is 0 Å². The second-order valence-corrected chi connectivity index (χ2v) is 8.05. The zero-order valence-electron chi connectivity index (χ0n) is 14.1. The van der Waals surface area contributed by atoms with E-state index in [9.17, 15) is 9.32 Å². The van der Waals surface area contributed by atoms with Crippen LogP contribution in [0.3, 0.4) is 0 Å². The van der Waals surface area contributed by atoms with Gasteiger partial charge < -0.3 is 5.11 Å². The van der Waals surface area contributed by atoms with Gasteiger partial charge in [-0.25, -0.2) is 0 Å². The summed E-state index contributed by atoms with van der Waals surface area (Å²) in [5.74, 6) is 0.239. The molecule has 3 aromatic rings. The first-order valence-corrected chi connectivity index (χ1v) is 9.78. The lowest BCUT2D eigenvalue weighted by Crippen LogP contribution is -2.22. The summed E-state index contributed by atoms with van der Waals surface area (Å²) in [7, 11) is -1.15. The lowest BCUT2D eigenvalue weighted by Gasteiger charge is -2.32. The van der Waals surface area contributed by atoms with Crippen molar-refractivity contribution in [3.05, 3.63) is 89.5 Å². The Morgan fingerprint density at radius 1 is 0.840 bits per heavy atom. The van der Waals surface area contributed by atoms with Gasteiger partial charge in [0, 0.05) is 16.6 Å². The molecule has 0 spiro atoms.